The maximum absolute atomic E-state index is 11.7. The Labute approximate surface area is 127 Å². The first kappa shape index (κ1) is 14.4. The summed E-state index contributed by atoms with van der Waals surface area (Å²) < 4.78 is 0. The highest BCUT2D eigenvalue weighted by atomic mass is 16.2. The van der Waals surface area contributed by atoms with Crippen LogP contribution in [0.25, 0.3) is 0 Å². The molecule has 0 aromatic heterocycles. The summed E-state index contributed by atoms with van der Waals surface area (Å²) in [6.07, 6.45) is 7.24. The Kier molecular flexibility index (Phi) is 4.47. The molecule has 2 fully saturated rings. The molecule has 0 spiro atoms. The van der Waals surface area contributed by atoms with Gasteiger partial charge in [-0.3, -0.25) is 4.79 Å². The molecule has 21 heavy (non-hydrogen) atoms. The predicted octanol–water partition coefficient (Wildman–Crippen LogP) is 3.80. The Balaban J connectivity index is 1.54. The third-order valence-electron chi connectivity index (χ3n) is 5.00. The normalized spacial score (nSPS) is 21.0. The van der Waals surface area contributed by atoms with Gasteiger partial charge in [-0.25, -0.2) is 0 Å². The smallest absolute Gasteiger partial charge is 0.222 e. The van der Waals surface area contributed by atoms with E-state index in [2.05, 4.69) is 36.5 Å². The number of carbonyl (C=O) groups is 1. The Morgan fingerprint density at radius 1 is 1.19 bits per heavy atom. The molecule has 1 aliphatic carbocycles. The van der Waals surface area contributed by atoms with Crippen molar-refractivity contribution in [1.29, 1.82) is 0 Å². The Hall–Kier alpha value is -1.51. The van der Waals surface area contributed by atoms with Crippen LogP contribution in [0, 0.1) is 5.92 Å². The zero-order chi connectivity index (χ0) is 14.7. The lowest BCUT2D eigenvalue weighted by molar-refractivity contribution is -0.128. The summed E-state index contributed by atoms with van der Waals surface area (Å²) in [5.41, 5.74) is 2.43. The first-order valence-corrected chi connectivity index (χ1v) is 8.35. The van der Waals surface area contributed by atoms with E-state index in [-0.39, 0.29) is 0 Å². The number of nitrogens with zero attached hydrogens (tertiary/aromatic N) is 1. The summed E-state index contributed by atoms with van der Waals surface area (Å²) in [6.45, 7) is 3.97. The van der Waals surface area contributed by atoms with Gasteiger partial charge in [0.05, 0.1) is 0 Å². The highest BCUT2D eigenvalue weighted by Gasteiger charge is 2.22. The van der Waals surface area contributed by atoms with Crippen molar-refractivity contribution < 1.29 is 4.79 Å². The largest absolute Gasteiger partial charge is 0.382 e. The van der Waals surface area contributed by atoms with Gasteiger partial charge in [0.1, 0.15) is 0 Å². The molecule has 1 amide bonds. The minimum atomic E-state index is 0.298. The van der Waals surface area contributed by atoms with Gasteiger partial charge >= 0.3 is 0 Å². The monoisotopic (exact) mass is 286 g/mol. The maximum atomic E-state index is 11.7. The van der Waals surface area contributed by atoms with Crippen molar-refractivity contribution in [3.05, 3.63) is 29.8 Å². The van der Waals surface area contributed by atoms with Crippen LogP contribution in [0.3, 0.4) is 0 Å². The molecule has 1 saturated carbocycles. The van der Waals surface area contributed by atoms with Gasteiger partial charge < -0.3 is 10.2 Å². The van der Waals surface area contributed by atoms with E-state index in [4.69, 9.17) is 0 Å². The molecule has 114 valence electrons. The molecule has 2 aliphatic rings. The van der Waals surface area contributed by atoms with E-state index in [0.29, 0.717) is 11.9 Å². The van der Waals surface area contributed by atoms with Crippen LogP contribution in [0.5, 0.6) is 0 Å². The van der Waals surface area contributed by atoms with Crippen LogP contribution in [0.4, 0.5) is 5.69 Å². The zero-order valence-electron chi connectivity index (χ0n) is 13.0. The van der Waals surface area contributed by atoms with Crippen molar-refractivity contribution in [2.75, 3.05) is 11.9 Å². The fourth-order valence-corrected chi connectivity index (χ4v) is 3.64. The molecule has 3 nitrogen and oxygen atoms in total. The van der Waals surface area contributed by atoms with E-state index >= 15 is 0 Å². The molecule has 0 radical (unpaired) electrons. The molecule has 1 aliphatic heterocycles. The lowest BCUT2D eigenvalue weighted by Gasteiger charge is -2.22. The minimum Gasteiger partial charge on any atom is -0.382 e. The van der Waals surface area contributed by atoms with Crippen LogP contribution in [0.15, 0.2) is 24.3 Å². The fraction of sp³-hybridized carbons (Fsp3) is 0.611. The second-order valence-electron chi connectivity index (χ2n) is 6.59. The van der Waals surface area contributed by atoms with E-state index in [1.165, 1.54) is 36.9 Å². The van der Waals surface area contributed by atoms with E-state index in [9.17, 15) is 4.79 Å². The van der Waals surface area contributed by atoms with Crippen molar-refractivity contribution in [1.82, 2.24) is 4.90 Å². The summed E-state index contributed by atoms with van der Waals surface area (Å²) in [5.74, 6) is 1.12. The number of amides is 1. The summed E-state index contributed by atoms with van der Waals surface area (Å²) in [4.78, 5) is 13.6. The van der Waals surface area contributed by atoms with E-state index < -0.39 is 0 Å². The van der Waals surface area contributed by atoms with E-state index in [1.54, 1.807) is 0 Å². The van der Waals surface area contributed by atoms with Crippen molar-refractivity contribution in [2.24, 2.45) is 5.92 Å². The van der Waals surface area contributed by atoms with Gasteiger partial charge in [-0.05, 0) is 49.8 Å². The molecular formula is C18H26N2O. The van der Waals surface area contributed by atoms with E-state index in [1.807, 2.05) is 4.90 Å². The van der Waals surface area contributed by atoms with Crippen LogP contribution in [0.2, 0.25) is 0 Å². The molecule has 3 rings (SSSR count). The third-order valence-corrected chi connectivity index (χ3v) is 5.00. The van der Waals surface area contributed by atoms with Crippen molar-refractivity contribution >= 4 is 11.6 Å². The average Bonchev–Trinajstić information content (AvgIpc) is 3.14. The SMILES string of the molecule is C[C@H](Nc1ccc(CN2CCCC2=O)cc1)C1CCCC1. The molecule has 1 atom stereocenters. The van der Waals surface area contributed by atoms with Crippen molar-refractivity contribution in [3.8, 4) is 0 Å². The van der Waals surface area contributed by atoms with Gasteiger partial charge in [0.15, 0.2) is 0 Å². The third kappa shape index (κ3) is 3.58. The lowest BCUT2D eigenvalue weighted by Crippen LogP contribution is -2.24. The minimum absolute atomic E-state index is 0.298. The number of hydrogen-bond donors (Lipinski definition) is 1. The molecule has 1 N–H and O–H groups in total. The number of nitrogens with one attached hydrogen (secondary N) is 1. The zero-order valence-corrected chi connectivity index (χ0v) is 13.0. The highest BCUT2D eigenvalue weighted by molar-refractivity contribution is 5.78. The first-order chi connectivity index (χ1) is 10.2. The Bertz CT molecular complexity index is 476. The molecular weight excluding hydrogens is 260 g/mol. The topological polar surface area (TPSA) is 32.3 Å². The summed E-state index contributed by atoms with van der Waals surface area (Å²) >= 11 is 0. The average molecular weight is 286 g/mol. The van der Waals surface area contributed by atoms with Gasteiger partial charge in [-0.15, -0.1) is 0 Å². The molecule has 0 bridgehead atoms. The molecule has 1 aromatic rings. The van der Waals surface area contributed by atoms with Crippen LogP contribution in [0.1, 0.15) is 51.0 Å². The number of rotatable bonds is 5. The van der Waals surface area contributed by atoms with Gasteiger partial charge in [0.25, 0.3) is 0 Å². The first-order valence-electron chi connectivity index (χ1n) is 8.35. The van der Waals surface area contributed by atoms with Gasteiger partial charge in [0, 0.05) is 31.2 Å². The molecule has 1 heterocycles. The lowest BCUT2D eigenvalue weighted by atomic mass is 9.99. The quantitative estimate of drug-likeness (QED) is 0.893. The van der Waals surface area contributed by atoms with Crippen molar-refractivity contribution in [3.63, 3.8) is 0 Å². The molecule has 1 saturated heterocycles. The Morgan fingerprint density at radius 2 is 1.90 bits per heavy atom. The summed E-state index contributed by atoms with van der Waals surface area (Å²) in [7, 11) is 0. The Morgan fingerprint density at radius 3 is 2.52 bits per heavy atom. The van der Waals surface area contributed by atoms with Gasteiger partial charge in [-0.2, -0.15) is 0 Å². The standard InChI is InChI=1S/C18H26N2O/c1-14(16-5-2-3-6-16)19-17-10-8-15(9-11-17)13-20-12-4-7-18(20)21/h8-11,14,16,19H,2-7,12-13H2,1H3/t14-/m0/s1. The van der Waals surface area contributed by atoms with Crippen LogP contribution in [-0.2, 0) is 11.3 Å². The molecule has 1 aromatic carbocycles. The second kappa shape index (κ2) is 6.50. The predicted molar refractivity (Wildman–Crippen MR) is 86.1 cm³/mol. The van der Waals surface area contributed by atoms with Crippen LogP contribution < -0.4 is 5.32 Å². The number of anilines is 1. The summed E-state index contributed by atoms with van der Waals surface area (Å²) in [5, 5.41) is 3.63. The number of likely N-dealkylation sites (tertiary alicyclic amines) is 1. The van der Waals surface area contributed by atoms with E-state index in [0.717, 1.165) is 31.8 Å². The summed E-state index contributed by atoms with van der Waals surface area (Å²) in [6, 6.07) is 9.16. The van der Waals surface area contributed by atoms with Crippen LogP contribution in [-0.4, -0.2) is 23.4 Å². The molecule has 0 unspecified atom stereocenters. The van der Waals surface area contributed by atoms with Crippen LogP contribution >= 0.6 is 0 Å². The number of carbonyl (C=O) groups excluding carboxylic acids is 1. The van der Waals surface area contributed by atoms with Crippen molar-refractivity contribution in [2.45, 2.75) is 58.0 Å². The maximum Gasteiger partial charge on any atom is 0.222 e. The number of benzene rings is 1. The number of hydrogen-bond acceptors (Lipinski definition) is 2. The van der Waals surface area contributed by atoms with Gasteiger partial charge in [0.2, 0.25) is 5.91 Å². The van der Waals surface area contributed by atoms with Gasteiger partial charge in [-0.1, -0.05) is 25.0 Å². The highest BCUT2D eigenvalue weighted by Crippen LogP contribution is 2.29. The fourth-order valence-electron chi connectivity index (χ4n) is 3.64. The molecule has 3 heteroatoms. The second-order valence-corrected chi connectivity index (χ2v) is 6.59.